The number of benzene rings is 1. The molecule has 8 heteroatoms. The highest BCUT2D eigenvalue weighted by molar-refractivity contribution is 7.89. The van der Waals surface area contributed by atoms with Gasteiger partial charge >= 0.3 is 0 Å². The number of primary sulfonamides is 1. The first-order chi connectivity index (χ1) is 10.3. The van der Waals surface area contributed by atoms with Gasteiger partial charge in [0.05, 0.1) is 11.4 Å². The average molecular weight is 326 g/mol. The van der Waals surface area contributed by atoms with Crippen molar-refractivity contribution in [2.75, 3.05) is 51.7 Å². The van der Waals surface area contributed by atoms with Gasteiger partial charge in [-0.3, -0.25) is 9.69 Å². The van der Waals surface area contributed by atoms with Crippen molar-refractivity contribution in [3.05, 3.63) is 24.3 Å². The summed E-state index contributed by atoms with van der Waals surface area (Å²) >= 11 is 0. The SMILES string of the molecule is CN(C)C(=O)CN1CCN(c2ccc(S(N)(=O)=O)cc2)CC1. The molecule has 0 bridgehead atoms. The molecule has 0 aromatic heterocycles. The summed E-state index contributed by atoms with van der Waals surface area (Å²) < 4.78 is 22.5. The second kappa shape index (κ2) is 6.64. The van der Waals surface area contributed by atoms with E-state index in [4.69, 9.17) is 5.14 Å². The summed E-state index contributed by atoms with van der Waals surface area (Å²) in [5, 5.41) is 5.09. The molecule has 2 rings (SSSR count). The molecule has 22 heavy (non-hydrogen) atoms. The van der Waals surface area contributed by atoms with Gasteiger partial charge in [0.1, 0.15) is 0 Å². The predicted molar refractivity (Wildman–Crippen MR) is 85.2 cm³/mol. The molecule has 7 nitrogen and oxygen atoms in total. The van der Waals surface area contributed by atoms with Gasteiger partial charge < -0.3 is 9.80 Å². The Morgan fingerprint density at radius 2 is 1.68 bits per heavy atom. The van der Waals surface area contributed by atoms with Crippen LogP contribution in [0.1, 0.15) is 0 Å². The molecule has 2 N–H and O–H groups in total. The van der Waals surface area contributed by atoms with Crippen LogP contribution in [-0.2, 0) is 14.8 Å². The van der Waals surface area contributed by atoms with Crippen molar-refractivity contribution < 1.29 is 13.2 Å². The monoisotopic (exact) mass is 326 g/mol. The van der Waals surface area contributed by atoms with Crippen LogP contribution >= 0.6 is 0 Å². The second-order valence-corrected chi connectivity index (χ2v) is 7.15. The Morgan fingerprint density at radius 3 is 2.14 bits per heavy atom. The Morgan fingerprint density at radius 1 is 1.14 bits per heavy atom. The van der Waals surface area contributed by atoms with Crippen molar-refractivity contribution in [1.29, 1.82) is 0 Å². The zero-order valence-corrected chi connectivity index (χ0v) is 13.7. The molecule has 1 heterocycles. The number of piperazine rings is 1. The molecule has 1 aliphatic rings. The summed E-state index contributed by atoms with van der Waals surface area (Å²) in [5.74, 6) is 0.103. The molecule has 0 spiro atoms. The summed E-state index contributed by atoms with van der Waals surface area (Å²) in [6, 6.07) is 6.57. The molecule has 0 atom stereocenters. The normalized spacial score (nSPS) is 16.6. The van der Waals surface area contributed by atoms with Crippen LogP contribution in [0.15, 0.2) is 29.2 Å². The first-order valence-electron chi connectivity index (χ1n) is 7.07. The Hall–Kier alpha value is -1.64. The van der Waals surface area contributed by atoms with E-state index >= 15 is 0 Å². The summed E-state index contributed by atoms with van der Waals surface area (Å²) in [7, 11) is -0.138. The lowest BCUT2D eigenvalue weighted by atomic mass is 10.2. The number of amides is 1. The molecule has 0 radical (unpaired) electrons. The molecular formula is C14H22N4O3S. The fourth-order valence-corrected chi connectivity index (χ4v) is 2.86. The third-order valence-electron chi connectivity index (χ3n) is 3.76. The van der Waals surface area contributed by atoms with Gasteiger partial charge in [0.25, 0.3) is 0 Å². The maximum Gasteiger partial charge on any atom is 0.238 e. The molecule has 122 valence electrons. The molecule has 1 amide bonds. The minimum absolute atomic E-state index is 0.103. The van der Waals surface area contributed by atoms with Crippen molar-refractivity contribution in [3.8, 4) is 0 Å². The highest BCUT2D eigenvalue weighted by atomic mass is 32.2. The van der Waals surface area contributed by atoms with E-state index in [1.54, 1.807) is 31.1 Å². The van der Waals surface area contributed by atoms with E-state index in [9.17, 15) is 13.2 Å². The minimum atomic E-state index is -3.65. The zero-order valence-electron chi connectivity index (χ0n) is 12.9. The number of anilines is 1. The number of nitrogens with two attached hydrogens (primary N) is 1. The molecule has 1 aliphatic heterocycles. The van der Waals surface area contributed by atoms with E-state index in [1.165, 1.54) is 12.1 Å². The first-order valence-corrected chi connectivity index (χ1v) is 8.62. The summed E-state index contributed by atoms with van der Waals surface area (Å²) in [6.07, 6.45) is 0. The highest BCUT2D eigenvalue weighted by Crippen LogP contribution is 2.18. The average Bonchev–Trinajstić information content (AvgIpc) is 2.47. The fourth-order valence-electron chi connectivity index (χ4n) is 2.34. The summed E-state index contributed by atoms with van der Waals surface area (Å²) in [6.45, 7) is 3.64. The quantitative estimate of drug-likeness (QED) is 0.809. The van der Waals surface area contributed by atoms with E-state index in [0.717, 1.165) is 31.9 Å². The van der Waals surface area contributed by atoms with Crippen LogP contribution in [-0.4, -0.2) is 70.9 Å². The van der Waals surface area contributed by atoms with Gasteiger partial charge in [-0.25, -0.2) is 13.6 Å². The van der Waals surface area contributed by atoms with Crippen LogP contribution in [0.5, 0.6) is 0 Å². The number of carbonyl (C=O) groups is 1. The van der Waals surface area contributed by atoms with Crippen molar-refractivity contribution >= 4 is 21.6 Å². The van der Waals surface area contributed by atoms with Gasteiger partial charge in [-0.05, 0) is 24.3 Å². The number of rotatable bonds is 4. The van der Waals surface area contributed by atoms with E-state index in [2.05, 4.69) is 9.80 Å². The highest BCUT2D eigenvalue weighted by Gasteiger charge is 2.20. The lowest BCUT2D eigenvalue weighted by Gasteiger charge is -2.36. The molecule has 0 saturated carbocycles. The van der Waals surface area contributed by atoms with E-state index in [0.29, 0.717) is 6.54 Å². The van der Waals surface area contributed by atoms with Crippen molar-refractivity contribution in [2.45, 2.75) is 4.90 Å². The molecule has 1 aromatic carbocycles. The summed E-state index contributed by atoms with van der Waals surface area (Å²) in [4.78, 5) is 17.7. The van der Waals surface area contributed by atoms with Crippen LogP contribution in [0.2, 0.25) is 0 Å². The number of carbonyl (C=O) groups excluding carboxylic acids is 1. The smallest absolute Gasteiger partial charge is 0.238 e. The summed E-state index contributed by atoms with van der Waals surface area (Å²) in [5.41, 5.74) is 0.964. The number of hydrogen-bond donors (Lipinski definition) is 1. The minimum Gasteiger partial charge on any atom is -0.369 e. The molecular weight excluding hydrogens is 304 g/mol. The largest absolute Gasteiger partial charge is 0.369 e. The van der Waals surface area contributed by atoms with Crippen molar-refractivity contribution in [3.63, 3.8) is 0 Å². The van der Waals surface area contributed by atoms with Gasteiger partial charge in [-0.2, -0.15) is 0 Å². The van der Waals surface area contributed by atoms with Crippen LogP contribution < -0.4 is 10.0 Å². The van der Waals surface area contributed by atoms with Crippen LogP contribution in [0.4, 0.5) is 5.69 Å². The number of likely N-dealkylation sites (N-methyl/N-ethyl adjacent to an activating group) is 1. The maximum absolute atomic E-state index is 11.7. The third kappa shape index (κ3) is 4.19. The van der Waals surface area contributed by atoms with Crippen molar-refractivity contribution in [2.24, 2.45) is 5.14 Å². The van der Waals surface area contributed by atoms with Crippen LogP contribution in [0.25, 0.3) is 0 Å². The zero-order chi connectivity index (χ0) is 16.3. The van der Waals surface area contributed by atoms with Gasteiger partial charge in [0, 0.05) is 46.0 Å². The van der Waals surface area contributed by atoms with Gasteiger partial charge in [0.15, 0.2) is 0 Å². The molecule has 1 aromatic rings. The number of sulfonamides is 1. The maximum atomic E-state index is 11.7. The third-order valence-corrected chi connectivity index (χ3v) is 4.69. The molecule has 1 fully saturated rings. The predicted octanol–water partition coefficient (Wildman–Crippen LogP) is -0.456. The lowest BCUT2D eigenvalue weighted by Crippen LogP contribution is -2.49. The lowest BCUT2D eigenvalue weighted by molar-refractivity contribution is -0.129. The Labute approximate surface area is 131 Å². The molecule has 0 aliphatic carbocycles. The number of nitrogens with zero attached hydrogens (tertiary/aromatic N) is 3. The topological polar surface area (TPSA) is 86.9 Å². The molecule has 0 unspecified atom stereocenters. The molecule has 1 saturated heterocycles. The van der Waals surface area contributed by atoms with E-state index < -0.39 is 10.0 Å². The second-order valence-electron chi connectivity index (χ2n) is 5.59. The fraction of sp³-hybridized carbons (Fsp3) is 0.500. The van der Waals surface area contributed by atoms with Crippen molar-refractivity contribution in [1.82, 2.24) is 9.80 Å². The first kappa shape index (κ1) is 16.7. The Balaban J connectivity index is 1.93. The van der Waals surface area contributed by atoms with E-state index in [1.807, 2.05) is 0 Å². The van der Waals surface area contributed by atoms with Crippen LogP contribution in [0.3, 0.4) is 0 Å². The van der Waals surface area contributed by atoms with Crippen LogP contribution in [0, 0.1) is 0 Å². The van der Waals surface area contributed by atoms with Gasteiger partial charge in [-0.15, -0.1) is 0 Å². The van der Waals surface area contributed by atoms with Gasteiger partial charge in [0.2, 0.25) is 15.9 Å². The van der Waals surface area contributed by atoms with E-state index in [-0.39, 0.29) is 10.8 Å². The Bertz CT molecular complexity index is 620. The Kier molecular flexibility index (Phi) is 5.05. The van der Waals surface area contributed by atoms with Gasteiger partial charge in [-0.1, -0.05) is 0 Å². The number of hydrogen-bond acceptors (Lipinski definition) is 5. The standard InChI is InChI=1S/C14H22N4O3S/c1-16(2)14(19)11-17-7-9-18(10-8-17)12-3-5-13(6-4-12)22(15,20)21/h3-6H,7-11H2,1-2H3,(H2,15,20,21).